The minimum atomic E-state index is -0.247. The van der Waals surface area contributed by atoms with Gasteiger partial charge in [-0.25, -0.2) is 4.79 Å². The summed E-state index contributed by atoms with van der Waals surface area (Å²) in [7, 11) is 1.85. The lowest BCUT2D eigenvalue weighted by molar-refractivity contribution is 0.251. The fraction of sp³-hybridized carbons (Fsp3) is 0.308. The van der Waals surface area contributed by atoms with Crippen molar-refractivity contribution in [2.24, 2.45) is 7.05 Å². The fourth-order valence-electron chi connectivity index (χ4n) is 1.80. The molecule has 2 aromatic heterocycles. The van der Waals surface area contributed by atoms with Gasteiger partial charge >= 0.3 is 6.03 Å². The Morgan fingerprint density at radius 1 is 1.42 bits per heavy atom. The zero-order valence-electron chi connectivity index (χ0n) is 11.3. The second kappa shape index (κ2) is 5.51. The number of nitrogens with zero attached hydrogens (tertiary/aromatic N) is 3. The van der Waals surface area contributed by atoms with Crippen LogP contribution < -0.4 is 10.6 Å². The van der Waals surface area contributed by atoms with E-state index >= 15 is 0 Å². The van der Waals surface area contributed by atoms with Gasteiger partial charge in [0.2, 0.25) is 0 Å². The third-order valence-corrected chi connectivity index (χ3v) is 2.92. The summed E-state index contributed by atoms with van der Waals surface area (Å²) in [5.41, 5.74) is 3.44. The SMILES string of the molecule is Cc1nn(C)c(C)c1NC(=O)NCc1cccnc1. The van der Waals surface area contributed by atoms with Crippen LogP contribution in [0.2, 0.25) is 0 Å². The molecular formula is C13H17N5O. The minimum Gasteiger partial charge on any atom is -0.334 e. The molecule has 0 fully saturated rings. The van der Waals surface area contributed by atoms with Crippen LogP contribution >= 0.6 is 0 Å². The number of hydrogen-bond donors (Lipinski definition) is 2. The topological polar surface area (TPSA) is 71.8 Å². The average Bonchev–Trinajstić information content (AvgIpc) is 2.64. The maximum atomic E-state index is 11.8. The third kappa shape index (κ3) is 3.09. The summed E-state index contributed by atoms with van der Waals surface area (Å²) in [6, 6.07) is 3.50. The molecule has 2 rings (SSSR count). The number of hydrogen-bond acceptors (Lipinski definition) is 3. The lowest BCUT2D eigenvalue weighted by Gasteiger charge is -2.07. The van der Waals surface area contributed by atoms with Crippen molar-refractivity contribution >= 4 is 11.7 Å². The van der Waals surface area contributed by atoms with Crippen molar-refractivity contribution in [3.05, 3.63) is 41.5 Å². The van der Waals surface area contributed by atoms with Gasteiger partial charge in [-0.05, 0) is 25.5 Å². The predicted octanol–water partition coefficient (Wildman–Crippen LogP) is 1.75. The van der Waals surface area contributed by atoms with Crippen LogP contribution in [0.5, 0.6) is 0 Å². The summed E-state index contributed by atoms with van der Waals surface area (Å²) in [5, 5.41) is 9.85. The third-order valence-electron chi connectivity index (χ3n) is 2.92. The zero-order chi connectivity index (χ0) is 13.8. The number of amides is 2. The van der Waals surface area contributed by atoms with Crippen molar-refractivity contribution in [2.75, 3.05) is 5.32 Å². The van der Waals surface area contributed by atoms with Crippen LogP contribution in [0.15, 0.2) is 24.5 Å². The molecule has 0 aromatic carbocycles. The lowest BCUT2D eigenvalue weighted by atomic mass is 10.3. The summed E-state index contributed by atoms with van der Waals surface area (Å²) in [6.07, 6.45) is 3.42. The molecule has 6 heteroatoms. The molecular weight excluding hydrogens is 242 g/mol. The Morgan fingerprint density at radius 2 is 2.21 bits per heavy atom. The van der Waals surface area contributed by atoms with E-state index in [0.29, 0.717) is 6.54 Å². The molecule has 0 saturated carbocycles. The van der Waals surface area contributed by atoms with Crippen LogP contribution in [-0.4, -0.2) is 20.8 Å². The van der Waals surface area contributed by atoms with Crippen molar-refractivity contribution in [1.82, 2.24) is 20.1 Å². The Morgan fingerprint density at radius 3 is 2.79 bits per heavy atom. The van der Waals surface area contributed by atoms with Gasteiger partial charge in [-0.15, -0.1) is 0 Å². The van der Waals surface area contributed by atoms with Gasteiger partial charge in [-0.2, -0.15) is 5.10 Å². The summed E-state index contributed by atoms with van der Waals surface area (Å²) >= 11 is 0. The molecule has 0 unspecified atom stereocenters. The van der Waals surface area contributed by atoms with E-state index in [-0.39, 0.29) is 6.03 Å². The molecule has 0 atom stereocenters. The van der Waals surface area contributed by atoms with Gasteiger partial charge in [0.05, 0.1) is 17.1 Å². The van der Waals surface area contributed by atoms with Crippen molar-refractivity contribution in [3.8, 4) is 0 Å². The van der Waals surface area contributed by atoms with Gasteiger partial charge in [0, 0.05) is 26.0 Å². The maximum Gasteiger partial charge on any atom is 0.319 e. The van der Waals surface area contributed by atoms with Crippen molar-refractivity contribution in [2.45, 2.75) is 20.4 Å². The van der Waals surface area contributed by atoms with Gasteiger partial charge in [0.25, 0.3) is 0 Å². The van der Waals surface area contributed by atoms with Gasteiger partial charge in [0.1, 0.15) is 0 Å². The highest BCUT2D eigenvalue weighted by atomic mass is 16.2. The molecule has 0 spiro atoms. The summed E-state index contributed by atoms with van der Waals surface area (Å²) in [6.45, 7) is 4.22. The summed E-state index contributed by atoms with van der Waals surface area (Å²) < 4.78 is 1.74. The quantitative estimate of drug-likeness (QED) is 0.882. The number of urea groups is 1. The van der Waals surface area contributed by atoms with Crippen LogP contribution in [0, 0.1) is 13.8 Å². The first-order valence-corrected chi connectivity index (χ1v) is 6.02. The van der Waals surface area contributed by atoms with E-state index in [4.69, 9.17) is 0 Å². The molecule has 0 radical (unpaired) electrons. The smallest absolute Gasteiger partial charge is 0.319 e. The monoisotopic (exact) mass is 259 g/mol. The second-order valence-corrected chi connectivity index (χ2v) is 4.34. The number of nitrogens with one attached hydrogen (secondary N) is 2. The van der Waals surface area contributed by atoms with E-state index < -0.39 is 0 Å². The Hall–Kier alpha value is -2.37. The van der Waals surface area contributed by atoms with Gasteiger partial charge in [0.15, 0.2) is 0 Å². The summed E-state index contributed by atoms with van der Waals surface area (Å²) in [5.74, 6) is 0. The Bertz CT molecular complexity index is 576. The highest BCUT2D eigenvalue weighted by Crippen LogP contribution is 2.17. The molecule has 0 saturated heterocycles. The molecule has 19 heavy (non-hydrogen) atoms. The van der Waals surface area contributed by atoms with Crippen LogP contribution in [-0.2, 0) is 13.6 Å². The van der Waals surface area contributed by atoms with E-state index in [0.717, 1.165) is 22.6 Å². The molecule has 0 aliphatic carbocycles. The van der Waals surface area contributed by atoms with E-state index in [1.165, 1.54) is 0 Å². The van der Waals surface area contributed by atoms with Crippen LogP contribution in [0.3, 0.4) is 0 Å². The van der Waals surface area contributed by atoms with Gasteiger partial charge in [-0.3, -0.25) is 9.67 Å². The van der Waals surface area contributed by atoms with Crippen molar-refractivity contribution in [3.63, 3.8) is 0 Å². The fourth-order valence-corrected chi connectivity index (χ4v) is 1.80. The number of carbonyl (C=O) groups is 1. The molecule has 2 heterocycles. The average molecular weight is 259 g/mol. The first kappa shape index (κ1) is 13.1. The maximum absolute atomic E-state index is 11.8. The summed E-state index contributed by atoms with van der Waals surface area (Å²) in [4.78, 5) is 15.8. The molecule has 2 amide bonds. The van der Waals surface area contributed by atoms with Crippen LogP contribution in [0.4, 0.5) is 10.5 Å². The van der Waals surface area contributed by atoms with Crippen molar-refractivity contribution < 1.29 is 4.79 Å². The van der Waals surface area contributed by atoms with E-state index in [9.17, 15) is 4.79 Å². The van der Waals surface area contributed by atoms with Crippen molar-refractivity contribution in [1.29, 1.82) is 0 Å². The molecule has 2 N–H and O–H groups in total. The standard InChI is InChI=1S/C13H17N5O/c1-9-12(10(2)18(3)17-9)16-13(19)15-8-11-5-4-6-14-7-11/h4-7H,8H2,1-3H3,(H2,15,16,19). The van der Waals surface area contributed by atoms with Crippen LogP contribution in [0.25, 0.3) is 0 Å². The van der Waals surface area contributed by atoms with Gasteiger partial charge < -0.3 is 10.6 Å². The largest absolute Gasteiger partial charge is 0.334 e. The highest BCUT2D eigenvalue weighted by molar-refractivity contribution is 5.90. The number of pyridine rings is 1. The molecule has 6 nitrogen and oxygen atoms in total. The molecule has 2 aromatic rings. The Balaban J connectivity index is 1.95. The number of rotatable bonds is 3. The molecule has 0 aliphatic rings. The molecule has 100 valence electrons. The number of anilines is 1. The number of aromatic nitrogens is 3. The van der Waals surface area contributed by atoms with Crippen LogP contribution in [0.1, 0.15) is 17.0 Å². The van der Waals surface area contributed by atoms with E-state index in [2.05, 4.69) is 20.7 Å². The normalized spacial score (nSPS) is 10.3. The first-order valence-electron chi connectivity index (χ1n) is 6.02. The Labute approximate surface area is 111 Å². The minimum absolute atomic E-state index is 0.247. The lowest BCUT2D eigenvalue weighted by Crippen LogP contribution is -2.28. The Kier molecular flexibility index (Phi) is 3.79. The van der Waals surface area contributed by atoms with E-state index in [1.54, 1.807) is 17.1 Å². The second-order valence-electron chi connectivity index (χ2n) is 4.34. The van der Waals surface area contributed by atoms with E-state index in [1.807, 2.05) is 33.0 Å². The molecule has 0 aliphatic heterocycles. The highest BCUT2D eigenvalue weighted by Gasteiger charge is 2.11. The predicted molar refractivity (Wildman–Crippen MR) is 72.8 cm³/mol. The molecule has 0 bridgehead atoms. The first-order chi connectivity index (χ1) is 9.08. The number of aryl methyl sites for hydroxylation is 2. The van der Waals surface area contributed by atoms with Gasteiger partial charge in [-0.1, -0.05) is 6.07 Å². The zero-order valence-corrected chi connectivity index (χ0v) is 11.3. The number of carbonyl (C=O) groups excluding carboxylic acids is 1.